The van der Waals surface area contributed by atoms with Gasteiger partial charge in [0, 0.05) is 5.56 Å². The molecule has 0 radical (unpaired) electrons. The molecule has 2 aromatic carbocycles. The van der Waals surface area contributed by atoms with Crippen LogP contribution >= 0.6 is 11.6 Å². The van der Waals surface area contributed by atoms with Crippen molar-refractivity contribution >= 4 is 23.7 Å². The normalized spacial score (nSPS) is 13.1. The molecule has 1 heterocycles. The van der Waals surface area contributed by atoms with E-state index in [0.717, 1.165) is 6.42 Å². The van der Waals surface area contributed by atoms with E-state index >= 15 is 0 Å². The predicted molar refractivity (Wildman–Crippen MR) is 93.3 cm³/mol. The van der Waals surface area contributed by atoms with Gasteiger partial charge in [0.05, 0.1) is 11.2 Å². The zero-order chi connectivity index (χ0) is 16.9. The third-order valence-corrected chi connectivity index (χ3v) is 3.90. The van der Waals surface area contributed by atoms with E-state index in [9.17, 15) is 4.79 Å². The van der Waals surface area contributed by atoms with Gasteiger partial charge in [-0.25, -0.2) is 5.43 Å². The summed E-state index contributed by atoms with van der Waals surface area (Å²) in [5, 5.41) is 4.42. The Kier molecular flexibility index (Phi) is 5.01. The quantitative estimate of drug-likeness (QED) is 0.682. The molecule has 0 fully saturated rings. The van der Waals surface area contributed by atoms with Gasteiger partial charge in [-0.1, -0.05) is 30.7 Å². The molecule has 0 atom stereocenters. The average Bonchev–Trinajstić information content (AvgIpc) is 2.62. The summed E-state index contributed by atoms with van der Waals surface area (Å²) in [5.41, 5.74) is 4.95. The van der Waals surface area contributed by atoms with Gasteiger partial charge in [0.2, 0.25) is 0 Å². The summed E-state index contributed by atoms with van der Waals surface area (Å²) in [7, 11) is 0. The summed E-state index contributed by atoms with van der Waals surface area (Å²) < 4.78 is 11.0. The molecule has 0 aliphatic carbocycles. The fourth-order valence-corrected chi connectivity index (χ4v) is 2.60. The van der Waals surface area contributed by atoms with Gasteiger partial charge >= 0.3 is 0 Å². The lowest BCUT2D eigenvalue weighted by Crippen LogP contribution is -2.18. The Morgan fingerprint density at radius 3 is 2.75 bits per heavy atom. The van der Waals surface area contributed by atoms with Crippen LogP contribution < -0.4 is 14.9 Å². The molecule has 0 bridgehead atoms. The molecule has 24 heavy (non-hydrogen) atoms. The number of fused-ring (bicyclic) bond motifs is 1. The number of nitrogens with one attached hydrogen (secondary N) is 1. The first-order chi connectivity index (χ1) is 11.7. The highest BCUT2D eigenvalue weighted by Gasteiger charge is 2.16. The van der Waals surface area contributed by atoms with Gasteiger partial charge in [0.1, 0.15) is 13.2 Å². The van der Waals surface area contributed by atoms with E-state index in [2.05, 4.69) is 17.5 Å². The molecule has 5 nitrogen and oxygen atoms in total. The number of aryl methyl sites for hydroxylation is 1. The zero-order valence-electron chi connectivity index (χ0n) is 13.2. The molecular formula is C18H17ClN2O3. The zero-order valence-corrected chi connectivity index (χ0v) is 14.0. The molecule has 1 N–H and O–H groups in total. The summed E-state index contributed by atoms with van der Waals surface area (Å²) in [6.07, 6.45) is 2.45. The van der Waals surface area contributed by atoms with Crippen LogP contribution in [-0.4, -0.2) is 25.3 Å². The Bertz CT molecular complexity index is 773. The molecule has 1 aliphatic heterocycles. The van der Waals surface area contributed by atoms with Gasteiger partial charge in [0.25, 0.3) is 5.91 Å². The van der Waals surface area contributed by atoms with Gasteiger partial charge in [0.15, 0.2) is 11.5 Å². The van der Waals surface area contributed by atoms with Gasteiger partial charge in [-0.2, -0.15) is 5.10 Å². The summed E-state index contributed by atoms with van der Waals surface area (Å²) in [6, 6.07) is 10.9. The molecule has 1 amide bonds. The molecule has 124 valence electrons. The Morgan fingerprint density at radius 1 is 1.25 bits per heavy atom. The Morgan fingerprint density at radius 2 is 2.00 bits per heavy atom. The van der Waals surface area contributed by atoms with Gasteiger partial charge in [-0.05, 0) is 41.8 Å². The van der Waals surface area contributed by atoms with Crippen molar-refractivity contribution < 1.29 is 14.3 Å². The maximum atomic E-state index is 12.0. The van der Waals surface area contributed by atoms with Gasteiger partial charge in [-0.15, -0.1) is 0 Å². The number of halogens is 1. The number of hydrogen-bond donors (Lipinski definition) is 1. The number of nitrogens with zero attached hydrogens (tertiary/aromatic N) is 1. The lowest BCUT2D eigenvalue weighted by atomic mass is 10.1. The highest BCUT2D eigenvalue weighted by Crippen LogP contribution is 2.37. The lowest BCUT2D eigenvalue weighted by Gasteiger charge is -2.19. The molecule has 3 rings (SSSR count). The van der Waals surface area contributed by atoms with E-state index in [0.29, 0.717) is 40.9 Å². The Hall–Kier alpha value is -2.53. The molecule has 0 saturated heterocycles. The van der Waals surface area contributed by atoms with E-state index in [4.69, 9.17) is 21.1 Å². The molecule has 6 heteroatoms. The number of carbonyl (C=O) groups is 1. The maximum Gasteiger partial charge on any atom is 0.271 e. The molecule has 0 spiro atoms. The van der Waals surface area contributed by atoms with Crippen LogP contribution in [0.2, 0.25) is 5.02 Å². The van der Waals surface area contributed by atoms with Crippen molar-refractivity contribution in [2.45, 2.75) is 13.3 Å². The second-order valence-electron chi connectivity index (χ2n) is 5.28. The topological polar surface area (TPSA) is 59.9 Å². The van der Waals surface area contributed by atoms with E-state index in [1.54, 1.807) is 24.3 Å². The number of rotatable bonds is 4. The fraction of sp³-hybridized carbons (Fsp3) is 0.222. The molecule has 1 aliphatic rings. The summed E-state index contributed by atoms with van der Waals surface area (Å²) >= 11 is 6.16. The monoisotopic (exact) mass is 344 g/mol. The minimum absolute atomic E-state index is 0.266. The number of amides is 1. The van der Waals surface area contributed by atoms with Crippen LogP contribution in [-0.2, 0) is 6.42 Å². The highest BCUT2D eigenvalue weighted by molar-refractivity contribution is 6.32. The van der Waals surface area contributed by atoms with Crippen molar-refractivity contribution in [3.8, 4) is 11.5 Å². The fourth-order valence-electron chi connectivity index (χ4n) is 2.33. The van der Waals surface area contributed by atoms with E-state index < -0.39 is 0 Å². The van der Waals surface area contributed by atoms with Crippen LogP contribution in [0.15, 0.2) is 41.5 Å². The van der Waals surface area contributed by atoms with Crippen LogP contribution in [0.5, 0.6) is 11.5 Å². The van der Waals surface area contributed by atoms with Crippen molar-refractivity contribution in [2.24, 2.45) is 5.10 Å². The Labute approximate surface area is 145 Å². The van der Waals surface area contributed by atoms with Crippen LogP contribution in [0.25, 0.3) is 0 Å². The average molecular weight is 345 g/mol. The second-order valence-corrected chi connectivity index (χ2v) is 5.68. The first-order valence-corrected chi connectivity index (χ1v) is 8.06. The summed E-state index contributed by atoms with van der Waals surface area (Å²) in [5.74, 6) is 0.856. The first-order valence-electron chi connectivity index (χ1n) is 7.69. The van der Waals surface area contributed by atoms with Crippen LogP contribution in [0.1, 0.15) is 28.4 Å². The van der Waals surface area contributed by atoms with Gasteiger partial charge in [-0.3, -0.25) is 4.79 Å². The van der Waals surface area contributed by atoms with E-state index in [1.807, 2.05) is 12.1 Å². The van der Waals surface area contributed by atoms with E-state index in [1.165, 1.54) is 11.8 Å². The van der Waals surface area contributed by atoms with Gasteiger partial charge < -0.3 is 9.47 Å². The van der Waals surface area contributed by atoms with Crippen molar-refractivity contribution in [3.05, 3.63) is 58.1 Å². The van der Waals surface area contributed by atoms with Crippen molar-refractivity contribution in [1.29, 1.82) is 0 Å². The SMILES string of the molecule is CCc1ccc(C(=O)N/N=C\c2cc(Cl)c3c(c2)OCCO3)cc1. The van der Waals surface area contributed by atoms with E-state index in [-0.39, 0.29) is 5.91 Å². The Balaban J connectivity index is 1.67. The highest BCUT2D eigenvalue weighted by atomic mass is 35.5. The molecule has 2 aromatic rings. The second kappa shape index (κ2) is 7.36. The number of hydrazone groups is 1. The van der Waals surface area contributed by atoms with Crippen LogP contribution in [0.4, 0.5) is 0 Å². The maximum absolute atomic E-state index is 12.0. The molecular weight excluding hydrogens is 328 g/mol. The summed E-state index contributed by atoms with van der Waals surface area (Å²) in [4.78, 5) is 12.0. The smallest absolute Gasteiger partial charge is 0.271 e. The van der Waals surface area contributed by atoms with Crippen molar-refractivity contribution in [3.63, 3.8) is 0 Å². The van der Waals surface area contributed by atoms with Crippen LogP contribution in [0.3, 0.4) is 0 Å². The molecule has 0 aromatic heterocycles. The standard InChI is InChI=1S/C18H17ClN2O3/c1-2-12-3-5-14(6-4-12)18(22)21-20-11-13-9-15(19)17-16(10-13)23-7-8-24-17/h3-6,9-11H,2,7-8H2,1H3,(H,21,22)/b20-11-. The third kappa shape index (κ3) is 3.68. The van der Waals surface area contributed by atoms with Crippen LogP contribution in [0, 0.1) is 0 Å². The number of hydrogen-bond acceptors (Lipinski definition) is 4. The number of carbonyl (C=O) groups excluding carboxylic acids is 1. The predicted octanol–water partition coefficient (Wildman–Crippen LogP) is 3.44. The largest absolute Gasteiger partial charge is 0.486 e. The minimum Gasteiger partial charge on any atom is -0.486 e. The third-order valence-electron chi connectivity index (χ3n) is 3.62. The molecule has 0 saturated carbocycles. The molecule has 0 unspecified atom stereocenters. The van der Waals surface area contributed by atoms with Crippen molar-refractivity contribution in [1.82, 2.24) is 5.43 Å². The lowest BCUT2D eigenvalue weighted by molar-refractivity contribution is 0.0955. The number of ether oxygens (including phenoxy) is 2. The number of benzene rings is 2. The minimum atomic E-state index is -0.266. The first kappa shape index (κ1) is 16.3. The summed E-state index contributed by atoms with van der Waals surface area (Å²) in [6.45, 7) is 3.03. The van der Waals surface area contributed by atoms with Crippen molar-refractivity contribution in [2.75, 3.05) is 13.2 Å².